The maximum Gasteiger partial charge on any atom is 0.434 e. The molecule has 4 nitrogen and oxygen atoms in total. The lowest BCUT2D eigenvalue weighted by molar-refractivity contribution is 0.479. The zero-order valence-corrected chi connectivity index (χ0v) is 28.4. The molecule has 0 saturated heterocycles. The van der Waals surface area contributed by atoms with Crippen molar-refractivity contribution in [3.8, 4) is 45.2 Å². The summed E-state index contributed by atoms with van der Waals surface area (Å²) in [6, 6.07) is 59.1. The van der Waals surface area contributed by atoms with Crippen LogP contribution in [0.3, 0.4) is 0 Å². The Hall–Kier alpha value is -6.98. The van der Waals surface area contributed by atoms with Gasteiger partial charge in [-0.25, -0.2) is 0 Å². The van der Waals surface area contributed by atoms with Crippen molar-refractivity contribution in [3.63, 3.8) is 0 Å². The van der Waals surface area contributed by atoms with Gasteiger partial charge in [-0.1, -0.05) is 103 Å². The summed E-state index contributed by atoms with van der Waals surface area (Å²) >= 11 is 0. The zero-order chi connectivity index (χ0) is 34.4. The maximum absolute atomic E-state index is 6.95. The third-order valence-corrected chi connectivity index (χ3v) is 11.7. The van der Waals surface area contributed by atoms with Crippen molar-refractivity contribution in [1.82, 2.24) is 8.97 Å². The van der Waals surface area contributed by atoms with Gasteiger partial charge in [-0.2, -0.15) is 0 Å². The van der Waals surface area contributed by atoms with Crippen LogP contribution in [0.25, 0.3) is 87.8 Å². The Morgan fingerprint density at radius 2 is 1.00 bits per heavy atom. The first-order chi connectivity index (χ1) is 26.3. The van der Waals surface area contributed by atoms with Crippen LogP contribution in [-0.4, -0.2) is 15.9 Å². The van der Waals surface area contributed by atoms with E-state index >= 15 is 0 Å². The van der Waals surface area contributed by atoms with Crippen LogP contribution in [0.5, 0.6) is 17.2 Å². The third kappa shape index (κ3) is 3.56. The Morgan fingerprint density at radius 3 is 1.68 bits per heavy atom. The van der Waals surface area contributed by atoms with Crippen LogP contribution in [0.1, 0.15) is 0 Å². The van der Waals surface area contributed by atoms with Crippen LogP contribution in [0, 0.1) is 0 Å². The predicted molar refractivity (Wildman–Crippen MR) is 218 cm³/mol. The maximum atomic E-state index is 6.95. The molecule has 5 heteroatoms. The van der Waals surface area contributed by atoms with E-state index in [-0.39, 0.29) is 6.92 Å². The second-order valence-corrected chi connectivity index (χ2v) is 14.4. The Bertz CT molecular complexity index is 3240. The molecule has 244 valence electrons. The van der Waals surface area contributed by atoms with Gasteiger partial charge in [-0.05, 0) is 71.3 Å². The molecule has 13 rings (SSSR count). The van der Waals surface area contributed by atoms with Crippen LogP contribution in [0.15, 0.2) is 164 Å². The number of para-hydroxylation sites is 5. The fraction of sp³-hybridized carbons (Fsp3) is 0. The number of fused-ring (bicyclic) bond motifs is 13. The largest absolute Gasteiger partial charge is 0.551 e. The van der Waals surface area contributed by atoms with Crippen molar-refractivity contribution in [3.05, 3.63) is 164 Å². The van der Waals surface area contributed by atoms with E-state index < -0.39 is 0 Å². The van der Waals surface area contributed by atoms with Gasteiger partial charge in [0.25, 0.3) is 0 Å². The first-order valence-corrected chi connectivity index (χ1v) is 18.2. The normalized spacial score (nSPS) is 13.2. The van der Waals surface area contributed by atoms with Crippen LogP contribution in [0.2, 0.25) is 0 Å². The Balaban J connectivity index is 1.03. The second kappa shape index (κ2) is 9.87. The molecule has 2 aliphatic heterocycles. The van der Waals surface area contributed by atoms with E-state index in [2.05, 4.69) is 173 Å². The first-order valence-electron chi connectivity index (χ1n) is 18.2. The van der Waals surface area contributed by atoms with Gasteiger partial charge in [0.15, 0.2) is 0 Å². The monoisotopic (exact) mass is 674 g/mol. The van der Waals surface area contributed by atoms with Gasteiger partial charge >= 0.3 is 6.92 Å². The Morgan fingerprint density at radius 1 is 0.415 bits per heavy atom. The molecular formula is C48H27BN2O2. The molecule has 0 saturated carbocycles. The molecule has 0 spiro atoms. The minimum Gasteiger partial charge on any atom is -0.551 e. The molecule has 11 aromatic rings. The molecule has 0 N–H and O–H groups in total. The van der Waals surface area contributed by atoms with E-state index in [0.29, 0.717) is 0 Å². The highest BCUT2D eigenvalue weighted by Crippen LogP contribution is 2.44. The quantitative estimate of drug-likeness (QED) is 0.171. The lowest BCUT2D eigenvalue weighted by Gasteiger charge is -2.33. The molecule has 0 radical (unpaired) electrons. The Labute approximate surface area is 304 Å². The minimum absolute atomic E-state index is 0.313. The highest BCUT2D eigenvalue weighted by Gasteiger charge is 2.41. The Kier molecular flexibility index (Phi) is 5.16. The predicted octanol–water partition coefficient (Wildman–Crippen LogP) is 10.9. The molecule has 53 heavy (non-hydrogen) atoms. The molecular weight excluding hydrogens is 647 g/mol. The molecule has 8 aromatic carbocycles. The highest BCUT2D eigenvalue weighted by atomic mass is 16.5. The third-order valence-electron chi connectivity index (χ3n) is 11.7. The number of benzene rings is 8. The van der Waals surface area contributed by atoms with Crippen molar-refractivity contribution in [1.29, 1.82) is 0 Å². The second-order valence-electron chi connectivity index (χ2n) is 14.4. The molecule has 0 fully saturated rings. The average molecular weight is 675 g/mol. The smallest absolute Gasteiger partial charge is 0.434 e. The summed E-state index contributed by atoms with van der Waals surface area (Å²) in [6.07, 6.45) is 0. The number of rotatable bonds is 2. The minimum atomic E-state index is -0.313. The number of nitrogens with zero attached hydrogens (tertiary/aromatic N) is 2. The molecule has 5 heterocycles. The van der Waals surface area contributed by atoms with Crippen LogP contribution < -0.4 is 20.3 Å². The van der Waals surface area contributed by atoms with Gasteiger partial charge in [0.05, 0.1) is 33.3 Å². The lowest BCUT2D eigenvalue weighted by Crippen LogP contribution is -2.53. The fourth-order valence-corrected chi connectivity index (χ4v) is 9.48. The molecule has 0 amide bonds. The fourth-order valence-electron chi connectivity index (χ4n) is 9.48. The van der Waals surface area contributed by atoms with E-state index in [1.165, 1.54) is 65.5 Å². The van der Waals surface area contributed by atoms with Gasteiger partial charge in [0, 0.05) is 54.9 Å². The average Bonchev–Trinajstić information content (AvgIpc) is 3.85. The molecule has 0 unspecified atom stereocenters. The van der Waals surface area contributed by atoms with E-state index in [4.69, 9.17) is 9.39 Å². The van der Waals surface area contributed by atoms with Crippen LogP contribution >= 0.6 is 0 Å². The summed E-state index contributed by atoms with van der Waals surface area (Å²) in [7, 11) is 0. The number of hydrogen-bond donors (Lipinski definition) is 0. The van der Waals surface area contributed by atoms with Crippen molar-refractivity contribution < 1.29 is 9.39 Å². The summed E-state index contributed by atoms with van der Waals surface area (Å²) in [5.74, 6) is 2.54. The topological polar surface area (TPSA) is 27.8 Å². The van der Waals surface area contributed by atoms with Crippen LogP contribution in [-0.2, 0) is 0 Å². The van der Waals surface area contributed by atoms with Crippen molar-refractivity contribution in [2.45, 2.75) is 0 Å². The van der Waals surface area contributed by atoms with E-state index in [1.54, 1.807) is 0 Å². The number of ether oxygens (including phenoxy) is 1. The van der Waals surface area contributed by atoms with Crippen molar-refractivity contribution in [2.24, 2.45) is 0 Å². The number of aromatic nitrogens is 2. The molecule has 3 aromatic heterocycles. The van der Waals surface area contributed by atoms with E-state index in [9.17, 15) is 0 Å². The van der Waals surface area contributed by atoms with Gasteiger partial charge in [0.2, 0.25) is 0 Å². The first kappa shape index (κ1) is 27.7. The molecule has 0 bridgehead atoms. The summed E-state index contributed by atoms with van der Waals surface area (Å²) < 4.78 is 18.7. The van der Waals surface area contributed by atoms with E-state index in [1.807, 2.05) is 0 Å². The van der Waals surface area contributed by atoms with Gasteiger partial charge in [-0.3, -0.25) is 0 Å². The summed E-state index contributed by atoms with van der Waals surface area (Å²) in [5.41, 5.74) is 13.8. The van der Waals surface area contributed by atoms with Crippen LogP contribution in [0.4, 0.5) is 0 Å². The van der Waals surface area contributed by atoms with Gasteiger partial charge in [-0.15, -0.1) is 0 Å². The van der Waals surface area contributed by atoms with Crippen molar-refractivity contribution in [2.75, 3.05) is 0 Å². The standard InChI is InChI=1S/C48H27BN2O2/c1-6-16-40-31(11-1)32-12-2-7-17-41(32)50(40)30-26-36-35-15-5-10-20-44(35)53-49-39-25-28(21-22-45(39)52-46(27-30)47(36)49)29-23-37-33-13-3-8-18-42(33)51-43-19-9-4-14-34(43)38(24-29)48(37)51/h1-27H. The number of hydrogen-bond acceptors (Lipinski definition) is 2. The summed E-state index contributed by atoms with van der Waals surface area (Å²) in [5, 5.41) is 7.55. The highest BCUT2D eigenvalue weighted by molar-refractivity contribution is 6.84. The lowest BCUT2D eigenvalue weighted by atomic mass is 9.50. The summed E-state index contributed by atoms with van der Waals surface area (Å²) in [4.78, 5) is 0. The van der Waals surface area contributed by atoms with E-state index in [0.717, 1.165) is 50.6 Å². The summed E-state index contributed by atoms with van der Waals surface area (Å²) in [6.45, 7) is -0.313. The zero-order valence-electron chi connectivity index (χ0n) is 28.4. The molecule has 0 atom stereocenters. The molecule has 2 aliphatic rings. The molecule has 0 aliphatic carbocycles. The van der Waals surface area contributed by atoms with Gasteiger partial charge < -0.3 is 18.4 Å². The SMILES string of the molecule is c1ccc2c(c1)OB1c3cc(-c4cc5c6ccccc6n6c7ccccc7c(c4)c56)ccc3Oc3cc(-n4c5ccccc5c5ccccc54)cc-2c31. The van der Waals surface area contributed by atoms with Gasteiger partial charge in [0.1, 0.15) is 17.2 Å². The van der Waals surface area contributed by atoms with Crippen molar-refractivity contribution >= 4 is 77.7 Å².